The molecule has 156 valence electrons. The van der Waals surface area contributed by atoms with Gasteiger partial charge in [-0.3, -0.25) is 14.4 Å². The first-order valence-electron chi connectivity index (χ1n) is 8.53. The lowest BCUT2D eigenvalue weighted by Gasteiger charge is -2.24. The summed E-state index contributed by atoms with van der Waals surface area (Å²) < 4.78 is 0. The van der Waals surface area contributed by atoms with Gasteiger partial charge in [0.25, 0.3) is 11.8 Å². The van der Waals surface area contributed by atoms with Gasteiger partial charge < -0.3 is 21.0 Å². The Morgan fingerprint density at radius 1 is 1.63 bits per heavy atom. The number of nitriles is 1. The molecule has 2 atom stereocenters. The van der Waals surface area contributed by atoms with Gasteiger partial charge in [-0.2, -0.15) is 5.26 Å². The van der Waals surface area contributed by atoms with Gasteiger partial charge in [-0.05, 0) is 0 Å². The maximum absolute atomic E-state index is 13.0. The van der Waals surface area contributed by atoms with Crippen molar-refractivity contribution in [1.82, 2.24) is 20.3 Å². The number of hydrazine groups is 1. The predicted octanol–water partition coefficient (Wildman–Crippen LogP) is -0.702. The smallest absolute Gasteiger partial charge is 0.316 e. The van der Waals surface area contributed by atoms with Gasteiger partial charge in [0.15, 0.2) is 10.8 Å². The van der Waals surface area contributed by atoms with E-state index in [1.807, 2.05) is 6.07 Å². The Morgan fingerprint density at radius 2 is 2.37 bits per heavy atom. The van der Waals surface area contributed by atoms with Gasteiger partial charge >= 0.3 is 5.97 Å². The maximum Gasteiger partial charge on any atom is 0.316 e. The molecule has 1 aromatic heterocycles. The number of carboxylic acids is 1. The molecule has 0 bridgehead atoms. The number of nitrogen functional groups attached to an aromatic ring is 1. The van der Waals surface area contributed by atoms with Crippen molar-refractivity contribution in [1.29, 1.82) is 5.26 Å². The molecular weight excluding hydrogens is 414 g/mol. The molecular formula is C17H17N7O5S. The molecule has 1 saturated heterocycles. The van der Waals surface area contributed by atoms with E-state index in [4.69, 9.17) is 10.6 Å². The molecule has 1 aromatic rings. The first-order valence-corrected chi connectivity index (χ1v) is 9.41. The van der Waals surface area contributed by atoms with Crippen molar-refractivity contribution in [3.05, 3.63) is 35.0 Å². The van der Waals surface area contributed by atoms with Crippen LogP contribution in [0.4, 0.5) is 5.13 Å². The second-order valence-electron chi connectivity index (χ2n) is 6.24. The van der Waals surface area contributed by atoms with Crippen LogP contribution in [0.25, 0.3) is 0 Å². The van der Waals surface area contributed by atoms with Crippen LogP contribution >= 0.6 is 11.3 Å². The molecule has 13 heteroatoms. The largest absolute Gasteiger partial charge is 0.481 e. The van der Waals surface area contributed by atoms with Crippen LogP contribution in [0.3, 0.4) is 0 Å². The van der Waals surface area contributed by atoms with Crippen molar-refractivity contribution in [3.8, 4) is 6.07 Å². The molecule has 1 fully saturated rings. The van der Waals surface area contributed by atoms with E-state index in [-0.39, 0.29) is 40.9 Å². The zero-order chi connectivity index (χ0) is 22.0. The van der Waals surface area contributed by atoms with Crippen LogP contribution in [0.15, 0.2) is 34.5 Å². The number of hydrogen-bond acceptors (Lipinski definition) is 10. The van der Waals surface area contributed by atoms with Crippen LogP contribution in [0.5, 0.6) is 0 Å². The molecule has 0 saturated carbocycles. The van der Waals surface area contributed by atoms with Gasteiger partial charge in [-0.1, -0.05) is 11.2 Å². The lowest BCUT2D eigenvalue weighted by molar-refractivity contribution is -0.141. The topological polar surface area (TPSA) is 174 Å². The summed E-state index contributed by atoms with van der Waals surface area (Å²) in [7, 11) is 1.26. The minimum atomic E-state index is -1.24. The number of carboxylic acid groups (broad SMARTS) is 1. The lowest BCUT2D eigenvalue weighted by Crippen LogP contribution is -2.46. The van der Waals surface area contributed by atoms with Gasteiger partial charge in [0, 0.05) is 11.9 Å². The van der Waals surface area contributed by atoms with Crippen molar-refractivity contribution in [3.63, 3.8) is 0 Å². The standard InChI is InChI=1S/C17H17N7O5S/c1-3-9(16(27)28)13-8(4-18)5-23-6-10(15(26)24(13)23)20-14(25)12(22-29-2)11-7-30-17(19)21-11/h3,7,9-10H,1,5-6H2,2H3,(H2,19,21)(H,20,25)(H,27,28)/b22-12-/t9?,10-/m0/s1. The van der Waals surface area contributed by atoms with Gasteiger partial charge in [0.2, 0.25) is 0 Å². The second kappa shape index (κ2) is 8.31. The van der Waals surface area contributed by atoms with Crippen molar-refractivity contribution in [2.24, 2.45) is 11.1 Å². The number of nitrogens with zero attached hydrogens (tertiary/aromatic N) is 5. The number of nitrogens with two attached hydrogens (primary N) is 1. The number of carbonyl (C=O) groups excluding carboxylic acids is 2. The van der Waals surface area contributed by atoms with E-state index < -0.39 is 29.7 Å². The number of thiazole rings is 1. The minimum absolute atomic E-state index is 0.0276. The Hall–Kier alpha value is -3.76. The average Bonchev–Trinajstić information content (AvgIpc) is 3.36. The highest BCUT2D eigenvalue weighted by Crippen LogP contribution is 2.34. The highest BCUT2D eigenvalue weighted by atomic mass is 32.1. The molecule has 0 aliphatic carbocycles. The first-order chi connectivity index (χ1) is 14.3. The number of rotatable bonds is 7. The van der Waals surface area contributed by atoms with E-state index in [1.54, 1.807) is 0 Å². The molecule has 1 unspecified atom stereocenters. The fraction of sp³-hybridized carbons (Fsp3) is 0.294. The highest BCUT2D eigenvalue weighted by Gasteiger charge is 2.48. The Morgan fingerprint density at radius 3 is 2.90 bits per heavy atom. The third-order valence-corrected chi connectivity index (χ3v) is 5.13. The predicted molar refractivity (Wildman–Crippen MR) is 104 cm³/mol. The normalized spacial score (nSPS) is 20.0. The Bertz CT molecular complexity index is 1020. The molecule has 0 aromatic carbocycles. The van der Waals surface area contributed by atoms with E-state index >= 15 is 0 Å². The summed E-state index contributed by atoms with van der Waals surface area (Å²) in [6.07, 6.45) is 1.15. The number of aromatic nitrogens is 1. The number of oxime groups is 1. The number of carbonyl (C=O) groups is 3. The fourth-order valence-electron chi connectivity index (χ4n) is 3.22. The molecule has 2 aliphatic heterocycles. The summed E-state index contributed by atoms with van der Waals surface area (Å²) >= 11 is 1.11. The number of anilines is 1. The van der Waals surface area contributed by atoms with Crippen LogP contribution in [0.1, 0.15) is 5.69 Å². The van der Waals surface area contributed by atoms with E-state index in [9.17, 15) is 24.8 Å². The third-order valence-electron chi connectivity index (χ3n) is 4.46. The molecule has 0 spiro atoms. The Balaban J connectivity index is 1.83. The molecule has 3 rings (SSSR count). The monoisotopic (exact) mass is 431 g/mol. The van der Waals surface area contributed by atoms with Crippen molar-refractivity contribution >= 4 is 40.0 Å². The van der Waals surface area contributed by atoms with Gasteiger partial charge in [-0.25, -0.2) is 15.0 Å². The Labute approximate surface area is 174 Å². The van der Waals surface area contributed by atoms with E-state index in [2.05, 4.69) is 22.0 Å². The van der Waals surface area contributed by atoms with Crippen molar-refractivity contribution in [2.45, 2.75) is 6.04 Å². The number of amides is 2. The summed E-state index contributed by atoms with van der Waals surface area (Å²) in [5, 5.41) is 29.4. The van der Waals surface area contributed by atoms with Crippen LogP contribution in [-0.4, -0.2) is 69.8 Å². The SMILES string of the molecule is C=CC(C(=O)O)C1=C(C#N)CN2C[C@H](NC(=O)/C(=N\OC)c3csc(N)n3)C(=O)N12. The number of fused-ring (bicyclic) bond motifs is 1. The summed E-state index contributed by atoms with van der Waals surface area (Å²) in [5.74, 6) is -3.78. The number of hydrogen-bond donors (Lipinski definition) is 3. The van der Waals surface area contributed by atoms with E-state index in [0.29, 0.717) is 0 Å². The maximum atomic E-state index is 13.0. The summed E-state index contributed by atoms with van der Waals surface area (Å²) in [6, 6.07) is 0.943. The first kappa shape index (κ1) is 21.0. The van der Waals surface area contributed by atoms with Crippen LogP contribution < -0.4 is 11.1 Å². The second-order valence-corrected chi connectivity index (χ2v) is 7.13. The summed E-state index contributed by atoms with van der Waals surface area (Å²) in [5.41, 5.74) is 5.80. The van der Waals surface area contributed by atoms with Gasteiger partial charge in [0.05, 0.1) is 23.9 Å². The fourth-order valence-corrected chi connectivity index (χ4v) is 3.77. The molecule has 30 heavy (non-hydrogen) atoms. The molecule has 3 heterocycles. The highest BCUT2D eigenvalue weighted by molar-refractivity contribution is 7.13. The third kappa shape index (κ3) is 3.61. The summed E-state index contributed by atoms with van der Waals surface area (Å²) in [4.78, 5) is 45.9. The van der Waals surface area contributed by atoms with Crippen molar-refractivity contribution < 1.29 is 24.3 Å². The van der Waals surface area contributed by atoms with Crippen LogP contribution in [-0.2, 0) is 19.2 Å². The number of aliphatic carboxylic acids is 1. The molecule has 2 amide bonds. The minimum Gasteiger partial charge on any atom is -0.481 e. The lowest BCUT2D eigenvalue weighted by atomic mass is 10.0. The summed E-state index contributed by atoms with van der Waals surface area (Å²) in [6.45, 7) is 3.57. The van der Waals surface area contributed by atoms with Gasteiger partial charge in [-0.15, -0.1) is 17.9 Å². The number of nitrogens with one attached hydrogen (secondary N) is 1. The van der Waals surface area contributed by atoms with Crippen LogP contribution in [0, 0.1) is 17.2 Å². The molecule has 12 nitrogen and oxygen atoms in total. The van der Waals surface area contributed by atoms with E-state index in [0.717, 1.165) is 22.4 Å². The molecule has 2 aliphatic rings. The quantitative estimate of drug-likeness (QED) is 0.286. The van der Waals surface area contributed by atoms with Crippen LogP contribution in [0.2, 0.25) is 0 Å². The zero-order valence-electron chi connectivity index (χ0n) is 15.7. The average molecular weight is 431 g/mol. The Kier molecular flexibility index (Phi) is 5.81. The van der Waals surface area contributed by atoms with Crippen molar-refractivity contribution in [2.75, 3.05) is 25.9 Å². The van der Waals surface area contributed by atoms with Gasteiger partial charge in [0.1, 0.15) is 24.8 Å². The molecule has 4 N–H and O–H groups in total. The van der Waals surface area contributed by atoms with E-state index in [1.165, 1.54) is 17.5 Å². The molecule has 0 radical (unpaired) electrons. The zero-order valence-corrected chi connectivity index (χ0v) is 16.5.